The van der Waals surface area contributed by atoms with Crippen LogP contribution < -0.4 is 5.32 Å². The van der Waals surface area contributed by atoms with Crippen LogP contribution >= 0.6 is 0 Å². The molecule has 1 saturated heterocycles. The second-order valence-corrected chi connectivity index (χ2v) is 11.2. The third-order valence-corrected chi connectivity index (χ3v) is 8.67. The number of carbonyl (C=O) groups is 1. The van der Waals surface area contributed by atoms with Crippen molar-refractivity contribution >= 4 is 17.5 Å². The Morgan fingerprint density at radius 3 is 2.79 bits per heavy atom. The Labute approximate surface area is 227 Å². The van der Waals surface area contributed by atoms with Crippen molar-refractivity contribution in [1.29, 1.82) is 5.41 Å². The molecule has 5 aliphatic rings. The SMILES string of the molecule is CC[C@@H]1CCN(C2=CC3=C(C=C=N2)/C(C(=N)C2=C(NC4CCCCC4)CCN(C(C)=O)C2)=C\CC#CC3)C1. The molecule has 5 rings (SSSR count). The van der Waals surface area contributed by atoms with Gasteiger partial charge in [-0.3, -0.25) is 10.2 Å². The first-order chi connectivity index (χ1) is 18.5. The number of hydrogen-bond acceptors (Lipinski definition) is 5. The molecule has 2 aliphatic carbocycles. The molecule has 38 heavy (non-hydrogen) atoms. The number of likely N-dealkylation sites (tertiary alicyclic amines) is 1. The van der Waals surface area contributed by atoms with Crippen molar-refractivity contribution < 1.29 is 4.79 Å². The number of allylic oxidation sites excluding steroid dienone is 6. The maximum Gasteiger partial charge on any atom is 0.219 e. The molecule has 0 aromatic rings. The molecule has 6 nitrogen and oxygen atoms in total. The van der Waals surface area contributed by atoms with Crippen LogP contribution in [0.3, 0.4) is 0 Å². The van der Waals surface area contributed by atoms with Crippen LogP contribution in [0, 0.1) is 23.2 Å². The maximum atomic E-state index is 12.3. The molecule has 0 spiro atoms. The first-order valence-corrected chi connectivity index (χ1v) is 14.5. The van der Waals surface area contributed by atoms with Gasteiger partial charge in [-0.15, -0.1) is 0 Å². The van der Waals surface area contributed by atoms with Crippen LogP contribution in [-0.2, 0) is 4.79 Å². The minimum absolute atomic E-state index is 0.0644. The summed E-state index contributed by atoms with van der Waals surface area (Å²) in [5.74, 6) is 11.5. The highest BCUT2D eigenvalue weighted by atomic mass is 16.2. The first kappa shape index (κ1) is 26.3. The van der Waals surface area contributed by atoms with Crippen LogP contribution in [0.25, 0.3) is 0 Å². The molecule has 2 N–H and O–H groups in total. The summed E-state index contributed by atoms with van der Waals surface area (Å²) >= 11 is 0. The van der Waals surface area contributed by atoms with Crippen molar-refractivity contribution in [2.75, 3.05) is 26.2 Å². The van der Waals surface area contributed by atoms with E-state index in [0.29, 0.717) is 43.6 Å². The van der Waals surface area contributed by atoms with Gasteiger partial charge in [0.2, 0.25) is 5.91 Å². The summed E-state index contributed by atoms with van der Waals surface area (Å²) in [7, 11) is 0. The quantitative estimate of drug-likeness (QED) is 0.377. The zero-order valence-electron chi connectivity index (χ0n) is 23.0. The Balaban J connectivity index is 1.50. The number of hydrogen-bond donors (Lipinski definition) is 2. The molecule has 0 radical (unpaired) electrons. The van der Waals surface area contributed by atoms with Crippen molar-refractivity contribution in [2.45, 2.75) is 84.1 Å². The molecule has 0 bridgehead atoms. The average Bonchev–Trinajstić information content (AvgIpc) is 3.31. The van der Waals surface area contributed by atoms with Crippen molar-refractivity contribution in [3.8, 4) is 11.8 Å². The number of amides is 1. The highest BCUT2D eigenvalue weighted by Crippen LogP contribution is 2.32. The molecular formula is C32H41N5O. The Kier molecular flexibility index (Phi) is 8.35. The molecule has 0 aromatic heterocycles. The van der Waals surface area contributed by atoms with Crippen molar-refractivity contribution in [1.82, 2.24) is 15.1 Å². The molecule has 3 aliphatic heterocycles. The highest BCUT2D eigenvalue weighted by Gasteiger charge is 2.29. The van der Waals surface area contributed by atoms with Crippen LogP contribution in [0.2, 0.25) is 0 Å². The maximum absolute atomic E-state index is 12.3. The van der Waals surface area contributed by atoms with E-state index in [0.717, 1.165) is 53.3 Å². The van der Waals surface area contributed by atoms with Gasteiger partial charge in [0.25, 0.3) is 0 Å². The van der Waals surface area contributed by atoms with E-state index in [1.807, 2.05) is 11.0 Å². The topological polar surface area (TPSA) is 71.8 Å². The molecule has 0 aromatic carbocycles. The number of nitrogens with one attached hydrogen (secondary N) is 2. The minimum Gasteiger partial charge on any atom is -0.385 e. The predicted octanol–water partition coefficient (Wildman–Crippen LogP) is 5.27. The lowest BCUT2D eigenvalue weighted by Gasteiger charge is -2.34. The van der Waals surface area contributed by atoms with Gasteiger partial charge in [0.05, 0.1) is 5.71 Å². The summed E-state index contributed by atoms with van der Waals surface area (Å²) in [6.07, 6.45) is 16.8. The van der Waals surface area contributed by atoms with Gasteiger partial charge in [-0.25, -0.2) is 0 Å². The Morgan fingerprint density at radius 1 is 1.18 bits per heavy atom. The molecule has 0 unspecified atom stereocenters. The van der Waals surface area contributed by atoms with E-state index in [1.54, 1.807) is 6.92 Å². The number of aliphatic imine (C=N–C) groups is 1. The second-order valence-electron chi connectivity index (χ2n) is 11.2. The smallest absolute Gasteiger partial charge is 0.219 e. The molecule has 1 amide bonds. The van der Waals surface area contributed by atoms with E-state index in [2.05, 4.69) is 47.0 Å². The fourth-order valence-corrected chi connectivity index (χ4v) is 6.26. The normalized spacial score (nSPS) is 25.5. The fraction of sp³-hybridized carbons (Fsp3) is 0.562. The van der Waals surface area contributed by atoms with Crippen molar-refractivity contribution in [3.05, 3.63) is 52.0 Å². The zero-order valence-corrected chi connectivity index (χ0v) is 23.0. The summed E-state index contributed by atoms with van der Waals surface area (Å²) in [6, 6.07) is 0.459. The van der Waals surface area contributed by atoms with Gasteiger partial charge in [0.15, 0.2) is 0 Å². The van der Waals surface area contributed by atoms with Crippen LogP contribution in [0.15, 0.2) is 57.0 Å². The van der Waals surface area contributed by atoms with Gasteiger partial charge in [-0.2, -0.15) is 4.99 Å². The second kappa shape index (κ2) is 12.0. The monoisotopic (exact) mass is 511 g/mol. The molecule has 3 heterocycles. The van der Waals surface area contributed by atoms with E-state index < -0.39 is 0 Å². The lowest BCUT2D eigenvalue weighted by atomic mass is 9.86. The number of rotatable bonds is 6. The van der Waals surface area contributed by atoms with E-state index >= 15 is 0 Å². The molecule has 1 atom stereocenters. The Hall–Kier alpha value is -3.29. The number of nitrogens with zero attached hydrogens (tertiary/aromatic N) is 3. The van der Waals surface area contributed by atoms with E-state index in [4.69, 9.17) is 4.99 Å². The molecule has 200 valence electrons. The fourth-order valence-electron chi connectivity index (χ4n) is 6.26. The van der Waals surface area contributed by atoms with Gasteiger partial charge < -0.3 is 15.1 Å². The van der Waals surface area contributed by atoms with Crippen LogP contribution in [-0.4, -0.2) is 59.5 Å². The first-order valence-electron chi connectivity index (χ1n) is 14.5. The predicted molar refractivity (Wildman–Crippen MR) is 154 cm³/mol. The summed E-state index contributed by atoms with van der Waals surface area (Å²) in [6.45, 7) is 7.12. The van der Waals surface area contributed by atoms with Gasteiger partial charge in [-0.05, 0) is 48.3 Å². The van der Waals surface area contributed by atoms with Gasteiger partial charge in [0, 0.05) is 81.3 Å². The lowest BCUT2D eigenvalue weighted by molar-refractivity contribution is -0.128. The molecule has 2 fully saturated rings. The average molecular weight is 512 g/mol. The third kappa shape index (κ3) is 5.89. The van der Waals surface area contributed by atoms with Crippen LogP contribution in [0.4, 0.5) is 0 Å². The van der Waals surface area contributed by atoms with Crippen LogP contribution in [0.1, 0.15) is 78.1 Å². The summed E-state index contributed by atoms with van der Waals surface area (Å²) < 4.78 is 0. The summed E-state index contributed by atoms with van der Waals surface area (Å²) in [4.78, 5) is 21.3. The van der Waals surface area contributed by atoms with Gasteiger partial charge in [0.1, 0.15) is 5.82 Å². The molecule has 1 saturated carbocycles. The van der Waals surface area contributed by atoms with Gasteiger partial charge >= 0.3 is 0 Å². The van der Waals surface area contributed by atoms with E-state index in [9.17, 15) is 10.2 Å². The van der Waals surface area contributed by atoms with Crippen molar-refractivity contribution in [3.63, 3.8) is 0 Å². The van der Waals surface area contributed by atoms with Crippen molar-refractivity contribution in [2.24, 2.45) is 10.9 Å². The van der Waals surface area contributed by atoms with E-state index in [1.165, 1.54) is 44.9 Å². The molecule has 6 heteroatoms. The summed E-state index contributed by atoms with van der Waals surface area (Å²) in [5, 5.41) is 13.3. The summed E-state index contributed by atoms with van der Waals surface area (Å²) in [5.41, 5.74) is 5.53. The standard InChI is InChI=1S/C32H41N5O/c1-3-24-15-18-37(21-24)31-20-25-10-6-4-9-13-28(27(25)14-17-34-31)32(33)29-22-36(23(2)38)19-16-30(29)35-26-11-7-5-8-12-26/h13-14,20,24,26,33,35H,3,5,7-12,15-16,18-19,21-22H2,1-2H3/b28-13+,33-32?/t24-/m1/s1. The highest BCUT2D eigenvalue weighted by molar-refractivity contribution is 6.15. The zero-order chi connectivity index (χ0) is 26.5. The van der Waals surface area contributed by atoms with Gasteiger partial charge in [-0.1, -0.05) is 50.5 Å². The van der Waals surface area contributed by atoms with Crippen LogP contribution in [0.5, 0.6) is 0 Å². The third-order valence-electron chi connectivity index (χ3n) is 8.67. The van der Waals surface area contributed by atoms with E-state index in [-0.39, 0.29) is 5.91 Å². The largest absolute Gasteiger partial charge is 0.385 e. The minimum atomic E-state index is 0.0644. The number of carbonyl (C=O) groups excluding carboxylic acids is 1. The Morgan fingerprint density at radius 2 is 2.03 bits per heavy atom. The Bertz CT molecular complexity index is 1220. The lowest BCUT2D eigenvalue weighted by Crippen LogP contribution is -2.42. The molecular weight excluding hydrogens is 470 g/mol.